The number of carbonyl (C=O) groups excluding carboxylic acids is 2. The van der Waals surface area contributed by atoms with E-state index in [2.05, 4.69) is 6.92 Å². The highest BCUT2D eigenvalue weighted by Crippen LogP contribution is 2.61. The maximum atomic E-state index is 12.7. The zero-order valence-corrected chi connectivity index (χ0v) is 15.5. The van der Waals surface area contributed by atoms with E-state index in [1.807, 2.05) is 6.92 Å². The van der Waals surface area contributed by atoms with Gasteiger partial charge in [-0.2, -0.15) is 0 Å². The van der Waals surface area contributed by atoms with Gasteiger partial charge in [-0.05, 0) is 50.4 Å². The minimum absolute atomic E-state index is 0.0281. The number of fused-ring (bicyclic) bond motifs is 1. The fourth-order valence-electron chi connectivity index (χ4n) is 6.14. The average Bonchev–Trinajstić information content (AvgIpc) is 2.85. The molecule has 0 heterocycles. The van der Waals surface area contributed by atoms with Gasteiger partial charge in [0.2, 0.25) is 0 Å². The minimum Gasteiger partial charge on any atom is -0.481 e. The molecule has 1 N–H and O–H groups in total. The summed E-state index contributed by atoms with van der Waals surface area (Å²) >= 11 is 0. The molecule has 0 amide bonds. The molecular formula is C20H30O5. The minimum atomic E-state index is -0.788. The highest BCUT2D eigenvalue weighted by Gasteiger charge is 2.61. The van der Waals surface area contributed by atoms with E-state index in [9.17, 15) is 19.5 Å². The summed E-state index contributed by atoms with van der Waals surface area (Å²) in [6, 6.07) is 0. The SMILES string of the molecule is CC(=O)OC1CCC2C(C(=O)O)C([C@@]3(C)CCCCC3=O)CC[C@]12C. The van der Waals surface area contributed by atoms with Crippen molar-refractivity contribution in [3.8, 4) is 0 Å². The largest absolute Gasteiger partial charge is 0.481 e. The Balaban J connectivity index is 1.92. The van der Waals surface area contributed by atoms with Crippen molar-refractivity contribution in [1.29, 1.82) is 0 Å². The van der Waals surface area contributed by atoms with E-state index in [0.29, 0.717) is 6.42 Å². The number of ether oxygens (including phenoxy) is 1. The number of hydrogen-bond acceptors (Lipinski definition) is 4. The number of aliphatic carboxylic acids is 1. The summed E-state index contributed by atoms with van der Waals surface area (Å²) in [6.07, 6.45) is 6.14. The molecule has 0 bridgehead atoms. The standard InChI is InChI=1S/C20H30O5/c1-12(21)25-16-8-7-13-17(18(23)24)14(9-11-20(13,16)3)19(2)10-5-4-6-15(19)22/h13-14,16-17H,4-11H2,1-3H3,(H,23,24)/t13?,14?,16?,17?,19-,20+/m1/s1. The van der Waals surface area contributed by atoms with Crippen molar-refractivity contribution in [1.82, 2.24) is 0 Å². The van der Waals surface area contributed by atoms with E-state index in [1.165, 1.54) is 6.92 Å². The highest BCUT2D eigenvalue weighted by atomic mass is 16.5. The number of carbonyl (C=O) groups is 3. The Kier molecular flexibility index (Phi) is 4.71. The highest BCUT2D eigenvalue weighted by molar-refractivity contribution is 5.86. The normalized spacial score (nSPS) is 44.2. The third-order valence-corrected chi connectivity index (χ3v) is 7.58. The maximum Gasteiger partial charge on any atom is 0.307 e. The number of hydrogen-bond donors (Lipinski definition) is 1. The van der Waals surface area contributed by atoms with Crippen molar-refractivity contribution in [2.45, 2.75) is 78.2 Å². The van der Waals surface area contributed by atoms with Crippen molar-refractivity contribution in [3.05, 3.63) is 0 Å². The molecule has 4 unspecified atom stereocenters. The molecule has 0 radical (unpaired) electrons. The van der Waals surface area contributed by atoms with E-state index < -0.39 is 17.3 Å². The van der Waals surface area contributed by atoms with Gasteiger partial charge in [-0.15, -0.1) is 0 Å². The van der Waals surface area contributed by atoms with Gasteiger partial charge in [-0.3, -0.25) is 14.4 Å². The lowest BCUT2D eigenvalue weighted by molar-refractivity contribution is -0.167. The van der Waals surface area contributed by atoms with E-state index >= 15 is 0 Å². The molecule has 0 saturated heterocycles. The maximum absolute atomic E-state index is 12.7. The smallest absolute Gasteiger partial charge is 0.307 e. The summed E-state index contributed by atoms with van der Waals surface area (Å²) in [6.45, 7) is 5.49. The summed E-state index contributed by atoms with van der Waals surface area (Å²) in [5.41, 5.74) is -0.804. The predicted octanol–water partition coefficient (Wildman–Crippen LogP) is 3.59. The Morgan fingerprint density at radius 2 is 1.80 bits per heavy atom. The Morgan fingerprint density at radius 3 is 2.40 bits per heavy atom. The van der Waals surface area contributed by atoms with Crippen molar-refractivity contribution in [2.75, 3.05) is 0 Å². The Labute approximate surface area is 149 Å². The van der Waals surface area contributed by atoms with Crippen LogP contribution in [0.5, 0.6) is 0 Å². The zero-order valence-electron chi connectivity index (χ0n) is 15.5. The van der Waals surface area contributed by atoms with Gasteiger partial charge in [0.05, 0.1) is 5.92 Å². The van der Waals surface area contributed by atoms with Gasteiger partial charge in [-0.1, -0.05) is 20.3 Å². The summed E-state index contributed by atoms with van der Waals surface area (Å²) in [5.74, 6) is -1.50. The third kappa shape index (κ3) is 2.89. The van der Waals surface area contributed by atoms with Gasteiger partial charge >= 0.3 is 11.9 Å². The summed E-state index contributed by atoms with van der Waals surface area (Å²) in [5, 5.41) is 10.1. The number of carboxylic acid groups (broad SMARTS) is 1. The monoisotopic (exact) mass is 350 g/mol. The van der Waals surface area contributed by atoms with Gasteiger partial charge < -0.3 is 9.84 Å². The van der Waals surface area contributed by atoms with Crippen LogP contribution in [-0.2, 0) is 19.1 Å². The fraction of sp³-hybridized carbons (Fsp3) is 0.850. The first-order chi connectivity index (χ1) is 11.7. The van der Waals surface area contributed by atoms with Crippen LogP contribution in [0.1, 0.15) is 72.1 Å². The first-order valence-electron chi connectivity index (χ1n) is 9.63. The van der Waals surface area contributed by atoms with Crippen molar-refractivity contribution < 1.29 is 24.2 Å². The molecule has 3 aliphatic carbocycles. The molecule has 3 aliphatic rings. The molecule has 5 nitrogen and oxygen atoms in total. The number of esters is 1. The van der Waals surface area contributed by atoms with Crippen LogP contribution < -0.4 is 0 Å². The molecular weight excluding hydrogens is 320 g/mol. The number of ketones is 1. The van der Waals surface area contributed by atoms with Gasteiger partial charge in [-0.25, -0.2) is 0 Å². The fourth-order valence-corrected chi connectivity index (χ4v) is 6.14. The average molecular weight is 350 g/mol. The van der Waals surface area contributed by atoms with Gasteiger partial charge in [0, 0.05) is 24.2 Å². The van der Waals surface area contributed by atoms with E-state index in [1.54, 1.807) is 0 Å². The molecule has 0 spiro atoms. The molecule has 0 aromatic carbocycles. The molecule has 3 rings (SSSR count). The molecule has 5 heteroatoms. The van der Waals surface area contributed by atoms with Crippen LogP contribution in [0.15, 0.2) is 0 Å². The molecule has 25 heavy (non-hydrogen) atoms. The second-order valence-electron chi connectivity index (χ2n) is 8.84. The first-order valence-corrected chi connectivity index (χ1v) is 9.63. The molecule has 0 aliphatic heterocycles. The van der Waals surface area contributed by atoms with Crippen molar-refractivity contribution >= 4 is 17.7 Å². The van der Waals surface area contributed by atoms with Crippen LogP contribution >= 0.6 is 0 Å². The van der Waals surface area contributed by atoms with E-state index in [0.717, 1.165) is 44.9 Å². The zero-order chi connectivity index (χ0) is 18.4. The predicted molar refractivity (Wildman–Crippen MR) is 91.8 cm³/mol. The molecule has 140 valence electrons. The van der Waals surface area contributed by atoms with E-state index in [4.69, 9.17) is 4.74 Å². The van der Waals surface area contributed by atoms with E-state index in [-0.39, 0.29) is 35.1 Å². The summed E-state index contributed by atoms with van der Waals surface area (Å²) in [4.78, 5) is 36.4. The molecule has 6 atom stereocenters. The second kappa shape index (κ2) is 6.40. The molecule has 3 saturated carbocycles. The molecule has 0 aromatic rings. The molecule has 3 fully saturated rings. The lowest BCUT2D eigenvalue weighted by atomic mass is 9.51. The van der Waals surface area contributed by atoms with Crippen LogP contribution in [0.25, 0.3) is 0 Å². The number of rotatable bonds is 3. The lowest BCUT2D eigenvalue weighted by Crippen LogP contribution is -2.53. The van der Waals surface area contributed by atoms with Gasteiger partial charge in [0.1, 0.15) is 11.9 Å². The lowest BCUT2D eigenvalue weighted by Gasteiger charge is -2.52. The van der Waals surface area contributed by atoms with Crippen molar-refractivity contribution in [3.63, 3.8) is 0 Å². The number of carboxylic acids is 1. The Morgan fingerprint density at radius 1 is 1.08 bits per heavy atom. The van der Waals surface area contributed by atoms with Crippen LogP contribution in [0.4, 0.5) is 0 Å². The topological polar surface area (TPSA) is 80.7 Å². The summed E-state index contributed by atoms with van der Waals surface area (Å²) in [7, 11) is 0. The van der Waals surface area contributed by atoms with Crippen molar-refractivity contribution in [2.24, 2.45) is 28.6 Å². The van der Waals surface area contributed by atoms with Crippen LogP contribution in [0.3, 0.4) is 0 Å². The summed E-state index contributed by atoms with van der Waals surface area (Å²) < 4.78 is 5.54. The van der Waals surface area contributed by atoms with Gasteiger partial charge in [0.15, 0.2) is 0 Å². The Bertz CT molecular complexity index is 585. The third-order valence-electron chi connectivity index (χ3n) is 7.58. The number of Topliss-reactive ketones (excluding diaryl/α,β-unsaturated/α-hetero) is 1. The molecule has 0 aromatic heterocycles. The van der Waals surface area contributed by atoms with Crippen LogP contribution in [-0.4, -0.2) is 28.9 Å². The quantitative estimate of drug-likeness (QED) is 0.787. The van der Waals surface area contributed by atoms with Crippen LogP contribution in [0, 0.1) is 28.6 Å². The van der Waals surface area contributed by atoms with Crippen LogP contribution in [0.2, 0.25) is 0 Å². The Hall–Kier alpha value is -1.39. The second-order valence-corrected chi connectivity index (χ2v) is 8.84. The van der Waals surface area contributed by atoms with Gasteiger partial charge in [0.25, 0.3) is 0 Å². The first kappa shape index (κ1) is 18.4.